The molecule has 1 aromatic carbocycles. The number of nitrogens with zero attached hydrogens (tertiary/aromatic N) is 2. The molecule has 14 heavy (non-hydrogen) atoms. The fraction of sp³-hybridized carbons (Fsp3) is 0.182. The Morgan fingerprint density at radius 2 is 2.00 bits per heavy atom. The summed E-state index contributed by atoms with van der Waals surface area (Å²) in [6.45, 7) is 1.82. The van der Waals surface area contributed by atoms with E-state index in [2.05, 4.69) is 23.1 Å². The van der Waals surface area contributed by atoms with E-state index in [1.165, 1.54) is 0 Å². The molecule has 1 heterocycles. The second kappa shape index (κ2) is 3.73. The largest absolute Gasteiger partial charge is 0.364 e. The molecular weight excluding hydrogens is 196 g/mol. The summed E-state index contributed by atoms with van der Waals surface area (Å²) in [7, 11) is 0. The second-order valence-corrected chi connectivity index (χ2v) is 3.56. The van der Waals surface area contributed by atoms with Gasteiger partial charge in [0.15, 0.2) is 0 Å². The van der Waals surface area contributed by atoms with Crippen LogP contribution in [0.2, 0.25) is 5.02 Å². The lowest BCUT2D eigenvalue weighted by atomic mass is 10.2. The maximum atomic E-state index is 8.82. The topological polar surface area (TPSA) is 27.0 Å². The van der Waals surface area contributed by atoms with E-state index in [-0.39, 0.29) is 0 Å². The normalized spacial score (nSPS) is 14.4. The van der Waals surface area contributed by atoms with Crippen molar-refractivity contribution in [3.8, 4) is 6.07 Å². The molecule has 0 saturated heterocycles. The molecule has 0 amide bonds. The van der Waals surface area contributed by atoms with Gasteiger partial charge in [-0.15, -0.1) is 0 Å². The smallest absolute Gasteiger partial charge is 0.101 e. The van der Waals surface area contributed by atoms with Gasteiger partial charge in [-0.25, -0.2) is 0 Å². The molecule has 0 fully saturated rings. The lowest BCUT2D eigenvalue weighted by Crippen LogP contribution is -2.18. The third-order valence-corrected chi connectivity index (χ3v) is 2.58. The zero-order valence-corrected chi connectivity index (χ0v) is 8.33. The molecule has 0 aliphatic carbocycles. The number of benzene rings is 1. The first-order valence-electron chi connectivity index (χ1n) is 4.41. The molecule has 0 spiro atoms. The molecule has 1 aliphatic heterocycles. The number of halogens is 1. The van der Waals surface area contributed by atoms with Crippen LogP contribution in [0.15, 0.2) is 30.4 Å². The van der Waals surface area contributed by atoms with Crippen molar-refractivity contribution in [1.82, 2.24) is 0 Å². The Bertz CT molecular complexity index is 410. The van der Waals surface area contributed by atoms with Crippen molar-refractivity contribution in [2.45, 2.75) is 0 Å². The standard InChI is InChI=1S/C11H9ClN2/c12-11-4-3-10(7-9(11)8-13)14-5-1-2-6-14/h1-4,7H,5-6H2. The Kier molecular flexibility index (Phi) is 2.43. The van der Waals surface area contributed by atoms with Gasteiger partial charge in [-0.3, -0.25) is 0 Å². The van der Waals surface area contributed by atoms with Crippen molar-refractivity contribution in [1.29, 1.82) is 5.26 Å². The van der Waals surface area contributed by atoms with Crippen molar-refractivity contribution >= 4 is 17.3 Å². The lowest BCUT2D eigenvalue weighted by molar-refractivity contribution is 1.01. The summed E-state index contributed by atoms with van der Waals surface area (Å²) < 4.78 is 0. The first-order chi connectivity index (χ1) is 6.81. The van der Waals surface area contributed by atoms with E-state index in [4.69, 9.17) is 16.9 Å². The molecule has 0 N–H and O–H groups in total. The van der Waals surface area contributed by atoms with Gasteiger partial charge >= 0.3 is 0 Å². The van der Waals surface area contributed by atoms with E-state index in [0.717, 1.165) is 18.8 Å². The number of anilines is 1. The predicted molar refractivity (Wildman–Crippen MR) is 57.5 cm³/mol. The molecule has 0 radical (unpaired) electrons. The molecule has 70 valence electrons. The van der Waals surface area contributed by atoms with Gasteiger partial charge < -0.3 is 4.90 Å². The molecule has 1 aliphatic rings. The molecule has 0 atom stereocenters. The zero-order valence-electron chi connectivity index (χ0n) is 7.57. The summed E-state index contributed by atoms with van der Waals surface area (Å²) in [5, 5.41) is 9.33. The Hall–Kier alpha value is -1.46. The van der Waals surface area contributed by atoms with Crippen LogP contribution in [0, 0.1) is 11.3 Å². The van der Waals surface area contributed by atoms with Gasteiger partial charge in [-0.1, -0.05) is 23.8 Å². The highest BCUT2D eigenvalue weighted by Gasteiger charge is 2.09. The van der Waals surface area contributed by atoms with Crippen molar-refractivity contribution in [3.63, 3.8) is 0 Å². The van der Waals surface area contributed by atoms with Crippen LogP contribution < -0.4 is 4.90 Å². The van der Waals surface area contributed by atoms with Gasteiger partial charge in [0.1, 0.15) is 6.07 Å². The van der Waals surface area contributed by atoms with E-state index in [9.17, 15) is 0 Å². The van der Waals surface area contributed by atoms with Gasteiger partial charge in [-0.05, 0) is 18.2 Å². The number of rotatable bonds is 1. The molecule has 0 saturated carbocycles. The van der Waals surface area contributed by atoms with E-state index in [0.29, 0.717) is 10.6 Å². The average molecular weight is 205 g/mol. The summed E-state index contributed by atoms with van der Waals surface area (Å²) in [5.74, 6) is 0. The van der Waals surface area contributed by atoms with Crippen LogP contribution in [0.4, 0.5) is 5.69 Å². The van der Waals surface area contributed by atoms with Crippen LogP contribution in [0.25, 0.3) is 0 Å². The molecule has 0 bridgehead atoms. The summed E-state index contributed by atoms with van der Waals surface area (Å²) >= 11 is 5.85. The van der Waals surface area contributed by atoms with Gasteiger partial charge in [0, 0.05) is 18.8 Å². The minimum atomic E-state index is 0.517. The molecule has 3 heteroatoms. The van der Waals surface area contributed by atoms with Crippen molar-refractivity contribution in [2.75, 3.05) is 18.0 Å². The third-order valence-electron chi connectivity index (χ3n) is 2.25. The first kappa shape index (κ1) is 9.11. The highest BCUT2D eigenvalue weighted by Crippen LogP contribution is 2.23. The van der Waals surface area contributed by atoms with Crippen LogP contribution in [0.5, 0.6) is 0 Å². The number of nitriles is 1. The van der Waals surface area contributed by atoms with Crippen LogP contribution in [-0.4, -0.2) is 13.1 Å². The van der Waals surface area contributed by atoms with E-state index < -0.39 is 0 Å². The van der Waals surface area contributed by atoms with Gasteiger partial charge in [0.25, 0.3) is 0 Å². The van der Waals surface area contributed by atoms with E-state index in [1.54, 1.807) is 6.07 Å². The average Bonchev–Trinajstić information content (AvgIpc) is 2.71. The molecular formula is C11H9ClN2. The highest BCUT2D eigenvalue weighted by atomic mass is 35.5. The molecule has 0 aromatic heterocycles. The molecule has 2 nitrogen and oxygen atoms in total. The number of hydrogen-bond donors (Lipinski definition) is 0. The van der Waals surface area contributed by atoms with Crippen LogP contribution in [-0.2, 0) is 0 Å². The predicted octanol–water partition coefficient (Wildman–Crippen LogP) is 2.59. The van der Waals surface area contributed by atoms with Gasteiger partial charge in [0.2, 0.25) is 0 Å². The van der Waals surface area contributed by atoms with E-state index >= 15 is 0 Å². The van der Waals surface area contributed by atoms with Crippen molar-refractivity contribution in [3.05, 3.63) is 40.9 Å². The third kappa shape index (κ3) is 1.59. The molecule has 1 aromatic rings. The fourth-order valence-electron chi connectivity index (χ4n) is 1.48. The Labute approximate surface area is 88.0 Å². The van der Waals surface area contributed by atoms with Gasteiger partial charge in [0.05, 0.1) is 10.6 Å². The fourth-order valence-corrected chi connectivity index (χ4v) is 1.64. The maximum Gasteiger partial charge on any atom is 0.101 e. The maximum absolute atomic E-state index is 8.82. The monoisotopic (exact) mass is 204 g/mol. The summed E-state index contributed by atoms with van der Waals surface area (Å²) in [6.07, 6.45) is 4.22. The lowest BCUT2D eigenvalue weighted by Gasteiger charge is -2.17. The SMILES string of the molecule is N#Cc1cc(N2CC=CC2)ccc1Cl. The zero-order chi connectivity index (χ0) is 9.97. The van der Waals surface area contributed by atoms with E-state index in [1.807, 2.05) is 12.1 Å². The Morgan fingerprint density at radius 1 is 1.29 bits per heavy atom. The van der Waals surface area contributed by atoms with Crippen LogP contribution in [0.3, 0.4) is 0 Å². The first-order valence-corrected chi connectivity index (χ1v) is 4.78. The summed E-state index contributed by atoms with van der Waals surface area (Å²) in [4.78, 5) is 2.18. The molecule has 0 unspecified atom stereocenters. The summed E-state index contributed by atoms with van der Waals surface area (Å²) in [6, 6.07) is 7.62. The van der Waals surface area contributed by atoms with Gasteiger partial charge in [-0.2, -0.15) is 5.26 Å². The quantitative estimate of drug-likeness (QED) is 0.658. The van der Waals surface area contributed by atoms with Crippen LogP contribution in [0.1, 0.15) is 5.56 Å². The van der Waals surface area contributed by atoms with Crippen LogP contribution >= 0.6 is 11.6 Å². The minimum absolute atomic E-state index is 0.517. The molecule has 2 rings (SSSR count). The summed E-state index contributed by atoms with van der Waals surface area (Å²) in [5.41, 5.74) is 1.59. The Balaban J connectivity index is 2.32. The van der Waals surface area contributed by atoms with Crippen molar-refractivity contribution < 1.29 is 0 Å². The highest BCUT2D eigenvalue weighted by molar-refractivity contribution is 6.31. The second-order valence-electron chi connectivity index (χ2n) is 3.15. The number of hydrogen-bond acceptors (Lipinski definition) is 2. The Morgan fingerprint density at radius 3 is 2.64 bits per heavy atom. The minimum Gasteiger partial charge on any atom is -0.364 e. The van der Waals surface area contributed by atoms with Crippen molar-refractivity contribution in [2.24, 2.45) is 0 Å².